The van der Waals surface area contributed by atoms with Gasteiger partial charge in [0.1, 0.15) is 5.41 Å². The zero-order chi connectivity index (χ0) is 19.0. The van der Waals surface area contributed by atoms with Crippen molar-refractivity contribution in [1.29, 1.82) is 0 Å². The van der Waals surface area contributed by atoms with E-state index in [0.717, 1.165) is 24.1 Å². The third-order valence-corrected chi connectivity index (χ3v) is 6.02. The number of aliphatic hydroxyl groups is 1. The lowest BCUT2D eigenvalue weighted by molar-refractivity contribution is -0.165. The standard InChI is InChI=1S/C20H24ClN3O3/c21-16-3-5-17(6-4-16)24-12-15(10-22-24)11-23-8-7-18(25)20(13-23,19(26)27)9-14-1-2-14/h3-6,10,12,14,18,25H,1-2,7-9,11,13H2,(H,26,27)/t18-,20+/m0/s1. The van der Waals surface area contributed by atoms with Gasteiger partial charge in [0.25, 0.3) is 0 Å². The van der Waals surface area contributed by atoms with Gasteiger partial charge in [-0.3, -0.25) is 9.69 Å². The topological polar surface area (TPSA) is 78.6 Å². The molecule has 2 N–H and O–H groups in total. The predicted octanol–water partition coefficient (Wildman–Crippen LogP) is 2.96. The molecule has 0 bridgehead atoms. The number of aliphatic hydroxyl groups excluding tert-OH is 1. The summed E-state index contributed by atoms with van der Waals surface area (Å²) in [4.78, 5) is 14.2. The van der Waals surface area contributed by atoms with Crippen LogP contribution in [0.1, 0.15) is 31.2 Å². The number of carboxylic acid groups (broad SMARTS) is 1. The van der Waals surface area contributed by atoms with E-state index in [1.54, 1.807) is 4.68 Å². The lowest BCUT2D eigenvalue weighted by Gasteiger charge is -2.43. The van der Waals surface area contributed by atoms with Gasteiger partial charge in [-0.1, -0.05) is 24.4 Å². The lowest BCUT2D eigenvalue weighted by Crippen LogP contribution is -2.55. The predicted molar refractivity (Wildman–Crippen MR) is 102 cm³/mol. The molecule has 2 aromatic rings. The van der Waals surface area contributed by atoms with E-state index in [2.05, 4.69) is 10.00 Å². The van der Waals surface area contributed by atoms with E-state index in [9.17, 15) is 15.0 Å². The number of piperidine rings is 1. The lowest BCUT2D eigenvalue weighted by atomic mass is 9.73. The van der Waals surface area contributed by atoms with Crippen molar-refractivity contribution in [2.24, 2.45) is 11.3 Å². The Morgan fingerprint density at radius 3 is 2.67 bits per heavy atom. The minimum absolute atomic E-state index is 0.381. The summed E-state index contributed by atoms with van der Waals surface area (Å²) in [5, 5.41) is 25.5. The minimum atomic E-state index is -1.05. The minimum Gasteiger partial charge on any atom is -0.481 e. The molecule has 2 aliphatic rings. The van der Waals surface area contributed by atoms with E-state index < -0.39 is 17.5 Å². The van der Waals surface area contributed by atoms with Gasteiger partial charge in [-0.15, -0.1) is 0 Å². The summed E-state index contributed by atoms with van der Waals surface area (Å²) in [5.41, 5.74) is 0.895. The number of nitrogens with zero attached hydrogens (tertiary/aromatic N) is 3. The Morgan fingerprint density at radius 1 is 1.26 bits per heavy atom. The summed E-state index contributed by atoms with van der Waals surface area (Å²) in [5.74, 6) is -0.424. The van der Waals surface area contributed by atoms with Crippen molar-refractivity contribution in [3.05, 3.63) is 47.2 Å². The largest absolute Gasteiger partial charge is 0.481 e. The van der Waals surface area contributed by atoms with Gasteiger partial charge in [0.2, 0.25) is 0 Å². The van der Waals surface area contributed by atoms with Gasteiger partial charge >= 0.3 is 5.97 Å². The van der Waals surface area contributed by atoms with Crippen LogP contribution in [0.15, 0.2) is 36.7 Å². The van der Waals surface area contributed by atoms with Crippen molar-refractivity contribution in [2.75, 3.05) is 13.1 Å². The molecule has 0 spiro atoms. The van der Waals surface area contributed by atoms with Gasteiger partial charge in [0.15, 0.2) is 0 Å². The fourth-order valence-corrected chi connectivity index (χ4v) is 4.20. The Morgan fingerprint density at radius 2 is 2.00 bits per heavy atom. The third-order valence-electron chi connectivity index (χ3n) is 5.77. The van der Waals surface area contributed by atoms with Gasteiger partial charge in [-0.05, 0) is 43.0 Å². The molecule has 1 aromatic carbocycles. The Hall–Kier alpha value is -1.89. The van der Waals surface area contributed by atoms with Crippen molar-refractivity contribution in [1.82, 2.24) is 14.7 Å². The van der Waals surface area contributed by atoms with E-state index in [1.807, 2.05) is 36.7 Å². The van der Waals surface area contributed by atoms with Gasteiger partial charge < -0.3 is 10.2 Å². The number of hydrogen-bond donors (Lipinski definition) is 2. The van der Waals surface area contributed by atoms with Crippen LogP contribution in [-0.2, 0) is 11.3 Å². The van der Waals surface area contributed by atoms with E-state index >= 15 is 0 Å². The Labute approximate surface area is 163 Å². The first kappa shape index (κ1) is 18.5. The maximum atomic E-state index is 12.1. The summed E-state index contributed by atoms with van der Waals surface area (Å²) in [7, 11) is 0. The number of likely N-dealkylation sites (tertiary alicyclic amines) is 1. The Bertz CT molecular complexity index is 818. The van der Waals surface area contributed by atoms with Gasteiger partial charge in [0, 0.05) is 36.4 Å². The molecule has 1 saturated heterocycles. The highest BCUT2D eigenvalue weighted by atomic mass is 35.5. The number of aromatic nitrogens is 2. The number of halogens is 1. The number of carboxylic acids is 1. The molecule has 2 heterocycles. The first-order chi connectivity index (χ1) is 13.0. The van der Waals surface area contributed by atoms with Gasteiger partial charge in [-0.25, -0.2) is 4.68 Å². The van der Waals surface area contributed by atoms with Crippen LogP contribution < -0.4 is 0 Å². The molecule has 7 heteroatoms. The van der Waals surface area contributed by atoms with E-state index in [-0.39, 0.29) is 0 Å². The zero-order valence-electron chi connectivity index (χ0n) is 15.1. The summed E-state index contributed by atoms with van der Waals surface area (Å²) >= 11 is 5.93. The average molecular weight is 390 g/mol. The fraction of sp³-hybridized carbons (Fsp3) is 0.500. The molecule has 4 rings (SSSR count). The molecule has 0 amide bonds. The maximum absolute atomic E-state index is 12.1. The van der Waals surface area contributed by atoms with E-state index in [4.69, 9.17) is 11.6 Å². The van der Waals surface area contributed by atoms with Crippen molar-refractivity contribution in [3.8, 4) is 5.69 Å². The van der Waals surface area contributed by atoms with E-state index in [1.165, 1.54) is 0 Å². The van der Waals surface area contributed by atoms with Crippen LogP contribution in [0.3, 0.4) is 0 Å². The molecule has 144 valence electrons. The van der Waals surface area contributed by atoms with Crippen molar-refractivity contribution >= 4 is 17.6 Å². The summed E-state index contributed by atoms with van der Waals surface area (Å²) in [6.07, 6.45) is 6.21. The van der Waals surface area contributed by atoms with Gasteiger partial charge in [-0.2, -0.15) is 5.10 Å². The first-order valence-corrected chi connectivity index (χ1v) is 9.77. The van der Waals surface area contributed by atoms with Crippen LogP contribution in [0.5, 0.6) is 0 Å². The summed E-state index contributed by atoms with van der Waals surface area (Å²) in [6, 6.07) is 7.45. The number of aliphatic carboxylic acids is 1. The quantitative estimate of drug-likeness (QED) is 0.794. The smallest absolute Gasteiger partial charge is 0.313 e. The Kier molecular flexibility index (Phi) is 4.97. The highest BCUT2D eigenvalue weighted by Gasteiger charge is 2.51. The molecule has 6 nitrogen and oxygen atoms in total. The van der Waals surface area contributed by atoms with Crippen molar-refractivity contribution < 1.29 is 15.0 Å². The molecule has 2 fully saturated rings. The number of carbonyl (C=O) groups is 1. The molecule has 1 saturated carbocycles. The Balaban J connectivity index is 1.47. The molecule has 2 atom stereocenters. The van der Waals surface area contributed by atoms with Crippen LogP contribution in [0.25, 0.3) is 5.69 Å². The molecule has 0 radical (unpaired) electrons. The second-order valence-electron chi connectivity index (χ2n) is 7.89. The van der Waals surface area contributed by atoms with Crippen LogP contribution in [0.4, 0.5) is 0 Å². The summed E-state index contributed by atoms with van der Waals surface area (Å²) in [6.45, 7) is 1.69. The van der Waals surface area contributed by atoms with Crippen LogP contribution in [-0.4, -0.2) is 50.1 Å². The highest BCUT2D eigenvalue weighted by molar-refractivity contribution is 6.30. The molecule has 1 aliphatic carbocycles. The van der Waals surface area contributed by atoms with E-state index in [0.29, 0.717) is 43.4 Å². The average Bonchev–Trinajstić information content (AvgIpc) is 3.34. The first-order valence-electron chi connectivity index (χ1n) is 9.39. The van der Waals surface area contributed by atoms with Crippen LogP contribution in [0.2, 0.25) is 5.02 Å². The second kappa shape index (κ2) is 7.26. The SMILES string of the molecule is O=C(O)[C@]1(CC2CC2)CN(Cc2cnn(-c3ccc(Cl)cc3)c2)CC[C@@H]1O. The second-order valence-corrected chi connectivity index (χ2v) is 8.33. The highest BCUT2D eigenvalue weighted by Crippen LogP contribution is 2.45. The van der Waals surface area contributed by atoms with Crippen LogP contribution in [0, 0.1) is 11.3 Å². The molecular formula is C20H24ClN3O3. The third kappa shape index (κ3) is 3.88. The molecular weight excluding hydrogens is 366 g/mol. The molecule has 1 aliphatic heterocycles. The zero-order valence-corrected chi connectivity index (χ0v) is 15.8. The number of benzene rings is 1. The van der Waals surface area contributed by atoms with Crippen LogP contribution >= 0.6 is 11.6 Å². The molecule has 27 heavy (non-hydrogen) atoms. The summed E-state index contributed by atoms with van der Waals surface area (Å²) < 4.78 is 1.79. The molecule has 1 aromatic heterocycles. The monoisotopic (exact) mass is 389 g/mol. The molecule has 0 unspecified atom stereocenters. The van der Waals surface area contributed by atoms with Crippen molar-refractivity contribution in [2.45, 2.75) is 38.3 Å². The van der Waals surface area contributed by atoms with Crippen molar-refractivity contribution in [3.63, 3.8) is 0 Å². The maximum Gasteiger partial charge on any atom is 0.313 e. The number of hydrogen-bond acceptors (Lipinski definition) is 4. The normalized spacial score (nSPS) is 26.2. The number of rotatable bonds is 6. The fourth-order valence-electron chi connectivity index (χ4n) is 4.07. The van der Waals surface area contributed by atoms with Gasteiger partial charge in [0.05, 0.1) is 18.0 Å².